The van der Waals surface area contributed by atoms with E-state index in [4.69, 9.17) is 4.74 Å². The number of carbonyl (C=O) groups is 1. The third-order valence-corrected chi connectivity index (χ3v) is 6.18. The second-order valence-electron chi connectivity index (χ2n) is 5.83. The SMILES string of the molecule is CN1C(=O)[C@H]2COC[C@@H]1CN(S(=O)(=O)c1ccc(F)c(F)c1F)C2. The van der Waals surface area contributed by atoms with E-state index in [1.807, 2.05) is 0 Å². The topological polar surface area (TPSA) is 66.9 Å². The fourth-order valence-electron chi connectivity index (χ4n) is 2.90. The molecule has 2 fully saturated rings. The van der Waals surface area contributed by atoms with Crippen molar-refractivity contribution in [2.24, 2.45) is 5.92 Å². The maximum absolute atomic E-state index is 13.9. The summed E-state index contributed by atoms with van der Waals surface area (Å²) in [5.41, 5.74) is 0. The molecule has 132 valence electrons. The van der Waals surface area contributed by atoms with Crippen LogP contribution in [0.1, 0.15) is 0 Å². The van der Waals surface area contributed by atoms with Crippen LogP contribution in [0.25, 0.3) is 0 Å². The molecule has 2 bridgehead atoms. The highest BCUT2D eigenvalue weighted by Crippen LogP contribution is 2.27. The molecule has 0 aliphatic carbocycles. The van der Waals surface area contributed by atoms with Crippen LogP contribution in [0.2, 0.25) is 0 Å². The number of likely N-dealkylation sites (N-methyl/N-ethyl adjacent to an activating group) is 1. The maximum atomic E-state index is 13.9. The zero-order valence-electron chi connectivity index (χ0n) is 12.7. The quantitative estimate of drug-likeness (QED) is 0.720. The monoisotopic (exact) mass is 364 g/mol. The second kappa shape index (κ2) is 6.01. The molecule has 0 radical (unpaired) electrons. The molecule has 0 N–H and O–H groups in total. The van der Waals surface area contributed by atoms with Crippen molar-refractivity contribution in [1.82, 2.24) is 9.21 Å². The molecule has 1 aromatic rings. The highest BCUT2D eigenvalue weighted by molar-refractivity contribution is 7.89. The van der Waals surface area contributed by atoms with Crippen LogP contribution in [0.15, 0.2) is 17.0 Å². The van der Waals surface area contributed by atoms with Crippen molar-refractivity contribution in [2.45, 2.75) is 10.9 Å². The van der Waals surface area contributed by atoms with E-state index < -0.39 is 44.3 Å². The fourth-order valence-corrected chi connectivity index (χ4v) is 4.48. The van der Waals surface area contributed by atoms with Gasteiger partial charge in [0.25, 0.3) is 0 Å². The van der Waals surface area contributed by atoms with Gasteiger partial charge in [0.1, 0.15) is 4.90 Å². The fraction of sp³-hybridized carbons (Fsp3) is 0.500. The van der Waals surface area contributed by atoms with Gasteiger partial charge >= 0.3 is 0 Å². The lowest BCUT2D eigenvalue weighted by atomic mass is 10.1. The number of halogens is 3. The number of carbonyl (C=O) groups excluding carboxylic acids is 1. The first kappa shape index (κ1) is 17.2. The van der Waals surface area contributed by atoms with E-state index in [0.717, 1.165) is 4.31 Å². The summed E-state index contributed by atoms with van der Waals surface area (Å²) in [6, 6.07) is 0.712. The Morgan fingerprint density at radius 2 is 1.83 bits per heavy atom. The summed E-state index contributed by atoms with van der Waals surface area (Å²) in [5.74, 6) is -6.07. The minimum absolute atomic E-state index is 0.0476. The van der Waals surface area contributed by atoms with Gasteiger partial charge < -0.3 is 9.64 Å². The first-order valence-electron chi connectivity index (χ1n) is 7.21. The molecule has 10 heteroatoms. The Labute approximate surface area is 136 Å². The molecule has 2 aliphatic rings. The number of amides is 1. The van der Waals surface area contributed by atoms with Gasteiger partial charge in [0.2, 0.25) is 15.9 Å². The van der Waals surface area contributed by atoms with Crippen LogP contribution in [0.3, 0.4) is 0 Å². The van der Waals surface area contributed by atoms with Crippen molar-refractivity contribution in [3.63, 3.8) is 0 Å². The van der Waals surface area contributed by atoms with Gasteiger partial charge in [0, 0.05) is 20.1 Å². The lowest BCUT2D eigenvalue weighted by Crippen LogP contribution is -2.45. The molecule has 0 aromatic heterocycles. The van der Waals surface area contributed by atoms with Crippen molar-refractivity contribution in [2.75, 3.05) is 33.4 Å². The van der Waals surface area contributed by atoms with Crippen molar-refractivity contribution in [3.8, 4) is 0 Å². The standard InChI is InChI=1S/C14H15F3N2O4S/c1-18-9-5-19(4-8(14(18)20)6-23-7-9)24(21,22)11-3-2-10(15)12(16)13(11)17/h2-3,8-9H,4-7H2,1H3/t8-,9+/m1/s1. The molecule has 1 aromatic carbocycles. The Morgan fingerprint density at radius 1 is 1.12 bits per heavy atom. The Hall–Kier alpha value is -1.65. The molecule has 2 atom stereocenters. The third-order valence-electron chi connectivity index (χ3n) is 4.33. The van der Waals surface area contributed by atoms with Gasteiger partial charge in [-0.05, 0) is 12.1 Å². The highest BCUT2D eigenvalue weighted by Gasteiger charge is 2.42. The summed E-state index contributed by atoms with van der Waals surface area (Å²) in [7, 11) is -2.88. The van der Waals surface area contributed by atoms with E-state index in [1.165, 1.54) is 4.90 Å². The summed E-state index contributed by atoms with van der Waals surface area (Å²) in [4.78, 5) is 12.7. The van der Waals surface area contributed by atoms with Crippen LogP contribution >= 0.6 is 0 Å². The van der Waals surface area contributed by atoms with Crippen molar-refractivity contribution in [3.05, 3.63) is 29.6 Å². The van der Waals surface area contributed by atoms with Gasteiger partial charge in [-0.3, -0.25) is 4.79 Å². The average Bonchev–Trinajstić information content (AvgIpc) is 2.70. The first-order chi connectivity index (χ1) is 11.2. The minimum atomic E-state index is -4.43. The molecule has 24 heavy (non-hydrogen) atoms. The van der Waals surface area contributed by atoms with Crippen LogP contribution in [-0.4, -0.2) is 62.9 Å². The Morgan fingerprint density at radius 3 is 2.54 bits per heavy atom. The van der Waals surface area contributed by atoms with Crippen LogP contribution in [0.4, 0.5) is 13.2 Å². The maximum Gasteiger partial charge on any atom is 0.246 e. The zero-order valence-corrected chi connectivity index (χ0v) is 13.5. The molecular weight excluding hydrogens is 349 g/mol. The molecule has 2 saturated heterocycles. The third kappa shape index (κ3) is 2.68. The van der Waals surface area contributed by atoms with Crippen LogP contribution in [0.5, 0.6) is 0 Å². The lowest BCUT2D eigenvalue weighted by Gasteiger charge is -2.28. The predicted octanol–water partition coefficient (Wildman–Crippen LogP) is 0.582. The van der Waals surface area contributed by atoms with E-state index in [1.54, 1.807) is 7.05 Å². The van der Waals surface area contributed by atoms with Gasteiger partial charge in [-0.2, -0.15) is 4.31 Å². The Kier molecular flexibility index (Phi) is 4.30. The summed E-state index contributed by atoms with van der Waals surface area (Å²) < 4.78 is 72.1. The molecular formula is C14H15F3N2O4S. The molecule has 0 spiro atoms. The number of benzene rings is 1. The summed E-state index contributed by atoms with van der Waals surface area (Å²) in [5, 5.41) is 0. The average molecular weight is 364 g/mol. The van der Waals surface area contributed by atoms with Crippen molar-refractivity contribution in [1.29, 1.82) is 0 Å². The number of sulfonamides is 1. The number of ether oxygens (including phenoxy) is 1. The number of nitrogens with zero attached hydrogens (tertiary/aromatic N) is 2. The molecule has 0 saturated carbocycles. The molecule has 2 aliphatic heterocycles. The normalized spacial score (nSPS) is 25.7. The number of rotatable bonds is 2. The van der Waals surface area contributed by atoms with Gasteiger partial charge in [-0.1, -0.05) is 0 Å². The van der Waals surface area contributed by atoms with E-state index in [9.17, 15) is 26.4 Å². The minimum Gasteiger partial charge on any atom is -0.378 e. The number of fused-ring (bicyclic) bond motifs is 3. The summed E-state index contributed by atoms with van der Waals surface area (Å²) >= 11 is 0. The molecule has 1 amide bonds. The summed E-state index contributed by atoms with van der Waals surface area (Å²) in [6.45, 7) is -0.128. The van der Waals surface area contributed by atoms with Crippen molar-refractivity contribution >= 4 is 15.9 Å². The smallest absolute Gasteiger partial charge is 0.246 e. The van der Waals surface area contributed by atoms with Gasteiger partial charge in [-0.15, -0.1) is 0 Å². The largest absolute Gasteiger partial charge is 0.378 e. The molecule has 0 unspecified atom stereocenters. The van der Waals surface area contributed by atoms with E-state index in [-0.39, 0.29) is 32.2 Å². The Balaban J connectivity index is 2.02. The molecule has 2 heterocycles. The Bertz CT molecular complexity index is 786. The van der Waals surface area contributed by atoms with E-state index in [0.29, 0.717) is 12.1 Å². The van der Waals surface area contributed by atoms with Crippen LogP contribution in [-0.2, 0) is 19.6 Å². The lowest BCUT2D eigenvalue weighted by molar-refractivity contribution is -0.133. The van der Waals surface area contributed by atoms with Gasteiger partial charge in [0.05, 0.1) is 25.2 Å². The van der Waals surface area contributed by atoms with Crippen LogP contribution in [0, 0.1) is 23.4 Å². The number of hydrogen-bond acceptors (Lipinski definition) is 4. The summed E-state index contributed by atoms with van der Waals surface area (Å²) in [6.07, 6.45) is 0. The van der Waals surface area contributed by atoms with Crippen LogP contribution < -0.4 is 0 Å². The second-order valence-corrected chi connectivity index (χ2v) is 7.74. The molecule has 6 nitrogen and oxygen atoms in total. The molecule has 3 rings (SSSR count). The van der Waals surface area contributed by atoms with Gasteiger partial charge in [0.15, 0.2) is 17.5 Å². The number of hydrogen-bond donors (Lipinski definition) is 0. The highest BCUT2D eigenvalue weighted by atomic mass is 32.2. The zero-order chi connectivity index (χ0) is 17.6. The first-order valence-corrected chi connectivity index (χ1v) is 8.65. The van der Waals surface area contributed by atoms with E-state index >= 15 is 0 Å². The van der Waals surface area contributed by atoms with E-state index in [2.05, 4.69) is 0 Å². The predicted molar refractivity (Wildman–Crippen MR) is 75.9 cm³/mol. The van der Waals surface area contributed by atoms with Crippen molar-refractivity contribution < 1.29 is 31.1 Å². The van der Waals surface area contributed by atoms with Gasteiger partial charge in [-0.25, -0.2) is 21.6 Å².